The Morgan fingerprint density at radius 1 is 0.273 bits per heavy atom. The Hall–Kier alpha value is -9.53. The first-order valence-electron chi connectivity index (χ1n) is 28.2. The Kier molecular flexibility index (Phi) is 15.8. The van der Waals surface area contributed by atoms with Crippen molar-refractivity contribution < 1.29 is 10.0 Å². The monoisotopic (exact) mass is 1230 g/mol. The van der Waals surface area contributed by atoms with Crippen molar-refractivity contribution in [3.8, 4) is 78.7 Å². The van der Waals surface area contributed by atoms with E-state index in [2.05, 4.69) is 213 Å². The molecule has 0 unspecified atom stereocenters. The summed E-state index contributed by atoms with van der Waals surface area (Å²) in [6, 6.07) is 91.5. The number of thiophene rings is 2. The van der Waals surface area contributed by atoms with Crippen LogP contribution in [0.2, 0.25) is 15.9 Å². The Labute approximate surface area is 529 Å². The maximum absolute atomic E-state index is 9.97. The predicted molar refractivity (Wildman–Crippen MR) is 370 cm³/mol. The Bertz CT molecular complexity index is 5230. The normalized spacial score (nSPS) is 11.2. The Morgan fingerprint density at radius 3 is 1.14 bits per heavy atom. The molecule has 12 aromatic carbocycles. The topological polar surface area (TPSA) is 118 Å². The van der Waals surface area contributed by atoms with E-state index in [1.165, 1.54) is 75.8 Å². The van der Waals surface area contributed by atoms with Gasteiger partial charge in [0, 0.05) is 68.2 Å². The molecular weight excluding hydrogens is 1190 g/mol. The third-order valence-corrected chi connectivity index (χ3v) is 18.4. The number of hydrogen-bond donors (Lipinski definition) is 2. The van der Waals surface area contributed by atoms with Crippen LogP contribution in [0.3, 0.4) is 0 Å². The lowest BCUT2D eigenvalue weighted by Crippen LogP contribution is -2.29. The smallest absolute Gasteiger partial charge is 0.423 e. The molecule has 0 spiro atoms. The zero-order valence-electron chi connectivity index (χ0n) is 46.5. The van der Waals surface area contributed by atoms with Gasteiger partial charge in [0.1, 0.15) is 0 Å². The molecule has 0 bridgehead atoms. The molecule has 4 heterocycles. The molecule has 8 nitrogen and oxygen atoms in total. The molecule has 420 valence electrons. The molecule has 0 aliphatic rings. The zero-order valence-corrected chi connectivity index (χ0v) is 50.4. The summed E-state index contributed by atoms with van der Waals surface area (Å²) >= 11 is 21.2. The predicted octanol–water partition coefficient (Wildman–Crippen LogP) is 19.8. The Balaban J connectivity index is 0.000000130. The van der Waals surface area contributed by atoms with Crippen LogP contribution in [0.25, 0.3) is 141 Å². The van der Waals surface area contributed by atoms with E-state index in [0.29, 0.717) is 22.9 Å². The molecule has 0 saturated heterocycles. The second-order valence-electron chi connectivity index (χ2n) is 20.8. The van der Waals surface area contributed by atoms with Crippen LogP contribution >= 0.6 is 57.5 Å². The van der Waals surface area contributed by atoms with Gasteiger partial charge < -0.3 is 10.0 Å². The van der Waals surface area contributed by atoms with Gasteiger partial charge in [0.05, 0.1) is 0 Å². The minimum atomic E-state index is -1.50. The van der Waals surface area contributed by atoms with E-state index in [1.54, 1.807) is 28.7 Å². The largest absolute Gasteiger partial charge is 0.489 e. The molecule has 0 fully saturated rings. The number of fused-ring (bicyclic) bond motifs is 10. The van der Waals surface area contributed by atoms with E-state index in [4.69, 9.17) is 39.8 Å². The number of aromatic nitrogens is 6. The summed E-state index contributed by atoms with van der Waals surface area (Å²) < 4.78 is 4.46. The summed E-state index contributed by atoms with van der Waals surface area (Å²) in [6.07, 6.45) is 0. The number of rotatable bonds is 8. The van der Waals surface area contributed by atoms with Crippen LogP contribution < -0.4 is 5.46 Å². The van der Waals surface area contributed by atoms with Crippen LogP contribution in [0.1, 0.15) is 0 Å². The maximum Gasteiger partial charge on any atom is 0.489 e. The van der Waals surface area contributed by atoms with E-state index >= 15 is 0 Å². The van der Waals surface area contributed by atoms with Crippen molar-refractivity contribution in [2.45, 2.75) is 0 Å². The van der Waals surface area contributed by atoms with Crippen LogP contribution in [0.4, 0.5) is 0 Å². The molecule has 0 atom stereocenters. The van der Waals surface area contributed by atoms with Gasteiger partial charge in [-0.1, -0.05) is 237 Å². The lowest BCUT2D eigenvalue weighted by Gasteiger charge is -2.10. The summed E-state index contributed by atoms with van der Waals surface area (Å²) in [5.74, 6) is 1.62. The minimum absolute atomic E-state index is 0.101. The molecule has 0 amide bonds. The highest BCUT2D eigenvalue weighted by atomic mass is 35.5. The first-order chi connectivity index (χ1) is 43.2. The van der Waals surface area contributed by atoms with Gasteiger partial charge in [-0.05, 0) is 126 Å². The molecule has 14 heteroatoms. The van der Waals surface area contributed by atoms with Gasteiger partial charge in [-0.25, -0.2) is 4.98 Å². The highest BCUT2D eigenvalue weighted by Crippen LogP contribution is 2.48. The zero-order chi connectivity index (χ0) is 59.7. The van der Waals surface area contributed by atoms with Crippen molar-refractivity contribution in [3.63, 3.8) is 0 Å². The standard InChI is InChI=1S/C37H22ClN3S.C28H19BO2S.C9H5Cl2N3/c38-37-40-35(24-13-5-2-6-14-24)39-36(41-37)30-20-10-19-29-32-28-18-8-7-15-27(28)22-31(34(32)42-33(29)30)26-17-9-16-25(21-26)23-11-3-1-4-12-23;30-29(31)25-15-7-14-23-26-22-13-5-4-10-21(22)17-24(28(26)32-27(23)25)20-12-6-11-19(16-20)18-8-2-1-3-9-18;10-8-12-7(13-9(11)14-8)6-4-2-1-3-5-6/h1-22H;1-17,30-31H;1-5H. The fraction of sp³-hybridized carbons (Fsp3) is 0. The summed E-state index contributed by atoms with van der Waals surface area (Å²) in [5.41, 5.74) is 12.8. The van der Waals surface area contributed by atoms with Gasteiger partial charge in [-0.15, -0.1) is 22.7 Å². The quantitative estimate of drug-likeness (QED) is 0.145. The van der Waals surface area contributed by atoms with Crippen molar-refractivity contribution >= 4 is 132 Å². The van der Waals surface area contributed by atoms with E-state index in [1.807, 2.05) is 72.8 Å². The number of benzene rings is 12. The van der Waals surface area contributed by atoms with Crippen molar-refractivity contribution in [1.29, 1.82) is 0 Å². The summed E-state index contributed by atoms with van der Waals surface area (Å²) in [5, 5.41) is 29.8. The van der Waals surface area contributed by atoms with Crippen LogP contribution in [0.15, 0.2) is 267 Å². The van der Waals surface area contributed by atoms with Gasteiger partial charge in [-0.3, -0.25) is 0 Å². The minimum Gasteiger partial charge on any atom is -0.423 e. The van der Waals surface area contributed by atoms with Gasteiger partial charge in [0.15, 0.2) is 17.5 Å². The maximum atomic E-state index is 9.97. The second-order valence-corrected chi connectivity index (χ2v) is 23.8. The average Bonchev–Trinajstić information content (AvgIpc) is 1.64. The van der Waals surface area contributed by atoms with E-state index < -0.39 is 7.12 Å². The van der Waals surface area contributed by atoms with Crippen molar-refractivity contribution in [2.24, 2.45) is 0 Å². The van der Waals surface area contributed by atoms with Gasteiger partial charge in [0.25, 0.3) is 0 Å². The van der Waals surface area contributed by atoms with Crippen LogP contribution in [-0.2, 0) is 0 Å². The molecule has 16 aromatic rings. The third-order valence-electron chi connectivity index (χ3n) is 15.3. The van der Waals surface area contributed by atoms with E-state index in [9.17, 15) is 10.0 Å². The van der Waals surface area contributed by atoms with Crippen molar-refractivity contribution in [3.05, 3.63) is 283 Å². The first kappa shape index (κ1) is 56.3. The number of halogens is 3. The van der Waals surface area contributed by atoms with Gasteiger partial charge >= 0.3 is 7.12 Å². The fourth-order valence-corrected chi connectivity index (χ4v) is 14.6. The van der Waals surface area contributed by atoms with Crippen LogP contribution in [0.5, 0.6) is 0 Å². The summed E-state index contributed by atoms with van der Waals surface area (Å²) in [7, 11) is -1.50. The number of nitrogens with zero attached hydrogens (tertiary/aromatic N) is 6. The molecule has 4 aromatic heterocycles. The van der Waals surface area contributed by atoms with Gasteiger partial charge in [-0.2, -0.15) is 24.9 Å². The lowest BCUT2D eigenvalue weighted by atomic mass is 9.79. The average molecular weight is 1230 g/mol. The SMILES string of the molecule is Clc1nc(-c2ccccc2)nc(-c2cccc3c2sc2c(-c4cccc(-c5ccccc5)c4)cc4ccccc4c23)n1.Clc1nc(Cl)nc(-c2ccccc2)n1.OB(O)c1cccc2c1sc1c(-c3cccc(-c4ccccc4)c3)cc3ccccc3c12. The highest BCUT2D eigenvalue weighted by molar-refractivity contribution is 7.28. The molecule has 88 heavy (non-hydrogen) atoms. The summed E-state index contributed by atoms with van der Waals surface area (Å²) in [6.45, 7) is 0. The fourth-order valence-electron chi connectivity index (χ4n) is 11.3. The van der Waals surface area contributed by atoms with Crippen molar-refractivity contribution in [1.82, 2.24) is 29.9 Å². The van der Waals surface area contributed by atoms with Gasteiger partial charge in [0.2, 0.25) is 15.9 Å². The van der Waals surface area contributed by atoms with E-state index in [-0.39, 0.29) is 15.9 Å². The molecule has 0 aliphatic heterocycles. The second kappa shape index (κ2) is 24.7. The summed E-state index contributed by atoms with van der Waals surface area (Å²) in [4.78, 5) is 25.5. The lowest BCUT2D eigenvalue weighted by molar-refractivity contribution is 0.426. The highest BCUT2D eigenvalue weighted by Gasteiger charge is 2.23. The van der Waals surface area contributed by atoms with Crippen LogP contribution in [0, 0.1) is 0 Å². The molecule has 2 N–H and O–H groups in total. The van der Waals surface area contributed by atoms with E-state index in [0.717, 1.165) is 47.3 Å². The molecule has 0 radical (unpaired) electrons. The molecule has 0 saturated carbocycles. The third kappa shape index (κ3) is 11.3. The van der Waals surface area contributed by atoms with Crippen molar-refractivity contribution in [2.75, 3.05) is 0 Å². The molecule has 16 rings (SSSR count). The Morgan fingerprint density at radius 2 is 0.636 bits per heavy atom. The first-order valence-corrected chi connectivity index (χ1v) is 31.0. The van der Waals surface area contributed by atoms with Crippen LogP contribution in [-0.4, -0.2) is 47.1 Å². The molecule has 0 aliphatic carbocycles. The molecular formula is C74H46BCl3N6O2S2. The number of hydrogen-bond acceptors (Lipinski definition) is 10.